The number of aromatic nitrogens is 4. The maximum atomic E-state index is 13.6. The summed E-state index contributed by atoms with van der Waals surface area (Å²) in [6.07, 6.45) is 4.07. The number of nitrogens with zero attached hydrogens (tertiary/aromatic N) is 5. The van der Waals surface area contributed by atoms with Crippen molar-refractivity contribution in [2.75, 3.05) is 11.9 Å². The number of nitrogens with one attached hydrogen (secondary N) is 1. The molecule has 1 aliphatic rings. The number of para-hydroxylation sites is 1. The molecule has 0 spiro atoms. The normalized spacial score (nSPS) is 14.0. The van der Waals surface area contributed by atoms with Gasteiger partial charge in [-0.3, -0.25) is 19.0 Å². The summed E-state index contributed by atoms with van der Waals surface area (Å²) in [6.45, 7) is 3.98. The van der Waals surface area contributed by atoms with Gasteiger partial charge in [0.15, 0.2) is 0 Å². The first kappa shape index (κ1) is 25.4. The number of likely N-dealkylation sites (N-methyl/N-ethyl adjacent to an activating group) is 1. The van der Waals surface area contributed by atoms with Gasteiger partial charge in [0, 0.05) is 30.9 Å². The molecule has 10 heteroatoms. The van der Waals surface area contributed by atoms with Crippen molar-refractivity contribution in [1.82, 2.24) is 24.1 Å². The summed E-state index contributed by atoms with van der Waals surface area (Å²) < 4.78 is 3.88. The van der Waals surface area contributed by atoms with Gasteiger partial charge in [0.25, 0.3) is 11.5 Å². The summed E-state index contributed by atoms with van der Waals surface area (Å²) in [4.78, 5) is 54.6. The molecule has 0 atom stereocenters. The third-order valence-electron chi connectivity index (χ3n) is 7.08. The second kappa shape index (κ2) is 10.3. The Bertz CT molecular complexity index is 1630. The van der Waals surface area contributed by atoms with E-state index in [0.29, 0.717) is 28.7 Å². The number of rotatable bonds is 7. The van der Waals surface area contributed by atoms with Gasteiger partial charge in [0.05, 0.1) is 10.9 Å². The average Bonchev–Trinajstić information content (AvgIpc) is 3.54. The molecule has 2 amide bonds. The molecule has 10 nitrogen and oxygen atoms in total. The number of hydrogen-bond acceptors (Lipinski definition) is 5. The monoisotopic (exact) mass is 516 g/mol. The molecule has 1 N–H and O–H groups in total. The first-order chi connectivity index (χ1) is 18.2. The van der Waals surface area contributed by atoms with Gasteiger partial charge in [-0.05, 0) is 49.1 Å². The van der Waals surface area contributed by atoms with E-state index in [1.807, 2.05) is 32.0 Å². The zero-order chi connectivity index (χ0) is 27.0. The Labute approximate surface area is 219 Å². The van der Waals surface area contributed by atoms with Gasteiger partial charge in [0.2, 0.25) is 11.7 Å². The van der Waals surface area contributed by atoms with Crippen LogP contribution in [0.3, 0.4) is 0 Å². The summed E-state index contributed by atoms with van der Waals surface area (Å²) in [5.41, 5.74) is 0.504. The lowest BCUT2D eigenvalue weighted by Gasteiger charge is -2.16. The van der Waals surface area contributed by atoms with E-state index in [2.05, 4.69) is 10.4 Å². The quantitative estimate of drug-likeness (QED) is 0.406. The first-order valence-corrected chi connectivity index (χ1v) is 13.0. The average molecular weight is 517 g/mol. The molecule has 0 radical (unpaired) electrons. The molecule has 1 fully saturated rings. The van der Waals surface area contributed by atoms with E-state index in [9.17, 15) is 19.2 Å². The van der Waals surface area contributed by atoms with E-state index < -0.39 is 5.69 Å². The number of carbonyl (C=O) groups is 2. The minimum absolute atomic E-state index is 0.108. The largest absolute Gasteiger partial charge is 0.352 e. The summed E-state index contributed by atoms with van der Waals surface area (Å²) in [5, 5.41) is 7.80. The van der Waals surface area contributed by atoms with E-state index in [1.165, 1.54) is 13.9 Å². The first-order valence-electron chi connectivity index (χ1n) is 13.0. The van der Waals surface area contributed by atoms with Crippen molar-refractivity contribution >= 4 is 34.2 Å². The van der Waals surface area contributed by atoms with Crippen molar-refractivity contribution in [2.24, 2.45) is 5.92 Å². The predicted octanol–water partition coefficient (Wildman–Crippen LogP) is 2.80. The summed E-state index contributed by atoms with van der Waals surface area (Å²) in [7, 11) is 1.64. The molecule has 0 unspecified atom stereocenters. The molecule has 0 saturated heterocycles. The standard InChI is InChI=1S/C28H32N6O4/c1-18(2)16-32-26(37)22-14-13-19(25(36)29-20-9-7-8-10-20)15-23(22)34-27(32)30-33(28(34)38)17-24(35)31(3)21-11-5-4-6-12-21/h4-6,11-15,18,20H,7-10,16-17H2,1-3H3,(H,29,36). The Morgan fingerprint density at radius 1 is 1.08 bits per heavy atom. The van der Waals surface area contributed by atoms with E-state index in [1.54, 1.807) is 37.4 Å². The topological polar surface area (TPSA) is 111 Å². The zero-order valence-corrected chi connectivity index (χ0v) is 21.9. The third-order valence-corrected chi connectivity index (χ3v) is 7.08. The van der Waals surface area contributed by atoms with E-state index >= 15 is 0 Å². The molecule has 1 saturated carbocycles. The smallest absolute Gasteiger partial charge is 0.349 e. The van der Waals surface area contributed by atoms with Gasteiger partial charge in [-0.25, -0.2) is 13.9 Å². The Hall–Kier alpha value is -4.21. The highest BCUT2D eigenvalue weighted by Crippen LogP contribution is 2.20. The van der Waals surface area contributed by atoms with Crippen LogP contribution in [0.25, 0.3) is 16.7 Å². The van der Waals surface area contributed by atoms with E-state index in [0.717, 1.165) is 30.4 Å². The van der Waals surface area contributed by atoms with E-state index in [-0.39, 0.29) is 41.7 Å². The fraction of sp³-hybridized carbons (Fsp3) is 0.393. The van der Waals surface area contributed by atoms with Gasteiger partial charge in [-0.1, -0.05) is 44.9 Å². The Morgan fingerprint density at radius 2 is 1.79 bits per heavy atom. The lowest BCUT2D eigenvalue weighted by Crippen LogP contribution is -2.34. The molecular formula is C28H32N6O4. The Balaban J connectivity index is 1.61. The maximum Gasteiger partial charge on any atom is 0.352 e. The lowest BCUT2D eigenvalue weighted by molar-refractivity contribution is -0.119. The number of fused-ring (bicyclic) bond motifs is 3. The maximum absolute atomic E-state index is 13.6. The minimum Gasteiger partial charge on any atom is -0.349 e. The molecule has 1 aliphatic carbocycles. The van der Waals surface area contributed by atoms with Gasteiger partial charge in [0.1, 0.15) is 6.54 Å². The highest BCUT2D eigenvalue weighted by Gasteiger charge is 2.23. The van der Waals surface area contributed by atoms with Crippen LogP contribution in [0.1, 0.15) is 49.9 Å². The van der Waals surface area contributed by atoms with Crippen LogP contribution in [0.5, 0.6) is 0 Å². The van der Waals surface area contributed by atoms with Crippen molar-refractivity contribution in [3.8, 4) is 0 Å². The van der Waals surface area contributed by atoms with Crippen LogP contribution in [0.15, 0.2) is 58.1 Å². The van der Waals surface area contributed by atoms with Gasteiger partial charge >= 0.3 is 5.69 Å². The highest BCUT2D eigenvalue weighted by atomic mass is 16.2. The van der Waals surface area contributed by atoms with Crippen LogP contribution in [-0.4, -0.2) is 43.7 Å². The summed E-state index contributed by atoms with van der Waals surface area (Å²) >= 11 is 0. The number of anilines is 1. The molecule has 2 aromatic carbocycles. The van der Waals surface area contributed by atoms with Crippen molar-refractivity contribution in [2.45, 2.75) is 58.7 Å². The van der Waals surface area contributed by atoms with Crippen LogP contribution in [-0.2, 0) is 17.9 Å². The van der Waals surface area contributed by atoms with Crippen LogP contribution >= 0.6 is 0 Å². The van der Waals surface area contributed by atoms with Crippen molar-refractivity contribution < 1.29 is 9.59 Å². The lowest BCUT2D eigenvalue weighted by atomic mass is 10.1. The second-order valence-corrected chi connectivity index (χ2v) is 10.4. The SMILES string of the molecule is CC(C)Cn1c(=O)c2ccc(C(=O)NC3CCCC3)cc2n2c(=O)n(CC(=O)N(C)c3ccccc3)nc12. The van der Waals surface area contributed by atoms with Crippen LogP contribution in [0.4, 0.5) is 5.69 Å². The molecule has 5 rings (SSSR count). The molecule has 4 aromatic rings. The number of amides is 2. The number of hydrogen-bond donors (Lipinski definition) is 1. The number of carbonyl (C=O) groups excluding carboxylic acids is 2. The molecular weight excluding hydrogens is 484 g/mol. The van der Waals surface area contributed by atoms with Crippen LogP contribution in [0.2, 0.25) is 0 Å². The highest BCUT2D eigenvalue weighted by molar-refractivity contribution is 5.98. The van der Waals surface area contributed by atoms with Gasteiger partial charge < -0.3 is 10.2 Å². The van der Waals surface area contributed by atoms with Crippen LogP contribution in [0, 0.1) is 5.92 Å². The van der Waals surface area contributed by atoms with Gasteiger partial charge in [-0.15, -0.1) is 5.10 Å². The molecule has 2 aromatic heterocycles. The minimum atomic E-state index is -0.550. The molecule has 198 valence electrons. The van der Waals surface area contributed by atoms with E-state index in [4.69, 9.17) is 0 Å². The Morgan fingerprint density at radius 3 is 2.47 bits per heavy atom. The van der Waals surface area contributed by atoms with Crippen molar-refractivity contribution in [3.05, 3.63) is 74.9 Å². The Kier molecular flexibility index (Phi) is 6.88. The fourth-order valence-corrected chi connectivity index (χ4v) is 5.06. The molecule has 2 heterocycles. The van der Waals surface area contributed by atoms with Crippen LogP contribution < -0.4 is 21.5 Å². The third kappa shape index (κ3) is 4.73. The number of benzene rings is 2. The van der Waals surface area contributed by atoms with Crippen molar-refractivity contribution in [1.29, 1.82) is 0 Å². The summed E-state index contributed by atoms with van der Waals surface area (Å²) in [5.74, 6) is -0.319. The fourth-order valence-electron chi connectivity index (χ4n) is 5.06. The summed E-state index contributed by atoms with van der Waals surface area (Å²) in [6, 6.07) is 14.0. The predicted molar refractivity (Wildman–Crippen MR) is 146 cm³/mol. The molecule has 38 heavy (non-hydrogen) atoms. The van der Waals surface area contributed by atoms with Crippen molar-refractivity contribution in [3.63, 3.8) is 0 Å². The van der Waals surface area contributed by atoms with Gasteiger partial charge in [-0.2, -0.15) is 0 Å². The molecule has 0 bridgehead atoms. The second-order valence-electron chi connectivity index (χ2n) is 10.4. The zero-order valence-electron chi connectivity index (χ0n) is 21.9. The molecule has 0 aliphatic heterocycles.